The molecular weight excluding hydrogens is 206 g/mol. The molecule has 0 radical (unpaired) electrons. The summed E-state index contributed by atoms with van der Waals surface area (Å²) in [5, 5.41) is 11.5. The van der Waals surface area contributed by atoms with Crippen molar-refractivity contribution in [3.05, 3.63) is 41.5 Å². The topological polar surface area (TPSA) is 66.4 Å². The number of para-hydroxylation sites is 1. The van der Waals surface area contributed by atoms with Gasteiger partial charge in [-0.15, -0.1) is 0 Å². The zero-order valence-corrected chi connectivity index (χ0v) is 9.15. The second-order valence-electron chi connectivity index (χ2n) is 3.29. The quantitative estimate of drug-likeness (QED) is 0.766. The van der Waals surface area contributed by atoms with Gasteiger partial charge in [0.2, 0.25) is 5.91 Å². The number of aromatic carboxylic acids is 1. The standard InChI is InChI=1S/C12H13NO3/c1-3-5-10(14)13-11-8(2)6-4-7-9(11)12(15)16/h3-7H,1-2H3,(H,13,14)(H,15,16). The minimum atomic E-state index is -1.06. The number of nitrogens with one attached hydrogen (secondary N) is 1. The van der Waals surface area contributed by atoms with Crippen LogP contribution in [-0.4, -0.2) is 17.0 Å². The molecule has 0 unspecified atom stereocenters. The maximum Gasteiger partial charge on any atom is 0.337 e. The van der Waals surface area contributed by atoms with Crippen molar-refractivity contribution in [1.82, 2.24) is 0 Å². The number of carbonyl (C=O) groups is 2. The molecule has 16 heavy (non-hydrogen) atoms. The second-order valence-corrected chi connectivity index (χ2v) is 3.29. The Morgan fingerprint density at radius 3 is 2.62 bits per heavy atom. The van der Waals surface area contributed by atoms with E-state index >= 15 is 0 Å². The number of carboxylic acid groups (broad SMARTS) is 1. The first-order valence-electron chi connectivity index (χ1n) is 4.83. The van der Waals surface area contributed by atoms with Crippen molar-refractivity contribution in [2.75, 3.05) is 5.32 Å². The van der Waals surface area contributed by atoms with E-state index in [0.717, 1.165) is 5.56 Å². The highest BCUT2D eigenvalue weighted by Gasteiger charge is 2.12. The van der Waals surface area contributed by atoms with Crippen LogP contribution in [0.2, 0.25) is 0 Å². The van der Waals surface area contributed by atoms with E-state index in [1.54, 1.807) is 32.1 Å². The van der Waals surface area contributed by atoms with Gasteiger partial charge in [-0.05, 0) is 31.6 Å². The molecule has 0 aliphatic heterocycles. The van der Waals surface area contributed by atoms with E-state index in [9.17, 15) is 9.59 Å². The van der Waals surface area contributed by atoms with Crippen molar-refractivity contribution in [3.8, 4) is 0 Å². The summed E-state index contributed by atoms with van der Waals surface area (Å²) in [5.41, 5.74) is 1.16. The number of amides is 1. The van der Waals surface area contributed by atoms with E-state index < -0.39 is 5.97 Å². The summed E-state index contributed by atoms with van der Waals surface area (Å²) in [7, 11) is 0. The van der Waals surface area contributed by atoms with Crippen LogP contribution in [0.5, 0.6) is 0 Å². The number of hydrogen-bond donors (Lipinski definition) is 2. The van der Waals surface area contributed by atoms with Crippen LogP contribution >= 0.6 is 0 Å². The van der Waals surface area contributed by atoms with Crippen LogP contribution in [0.15, 0.2) is 30.4 Å². The van der Waals surface area contributed by atoms with Gasteiger partial charge in [0.1, 0.15) is 0 Å². The molecule has 0 aliphatic rings. The van der Waals surface area contributed by atoms with E-state index in [4.69, 9.17) is 5.11 Å². The minimum absolute atomic E-state index is 0.0952. The molecule has 84 valence electrons. The molecular formula is C12H13NO3. The van der Waals surface area contributed by atoms with Crippen LogP contribution in [0.25, 0.3) is 0 Å². The summed E-state index contributed by atoms with van der Waals surface area (Å²) >= 11 is 0. The Hall–Kier alpha value is -2.10. The largest absolute Gasteiger partial charge is 0.478 e. The highest BCUT2D eigenvalue weighted by molar-refractivity contribution is 6.05. The van der Waals surface area contributed by atoms with Crippen molar-refractivity contribution in [1.29, 1.82) is 0 Å². The zero-order chi connectivity index (χ0) is 12.1. The Morgan fingerprint density at radius 1 is 1.38 bits per heavy atom. The summed E-state index contributed by atoms with van der Waals surface area (Å²) in [5.74, 6) is -1.39. The van der Waals surface area contributed by atoms with Gasteiger partial charge in [0.05, 0.1) is 11.3 Å². The molecule has 1 aromatic rings. The smallest absolute Gasteiger partial charge is 0.337 e. The predicted octanol–water partition coefficient (Wildman–Crippen LogP) is 2.21. The second kappa shape index (κ2) is 5.11. The molecule has 0 spiro atoms. The number of anilines is 1. The molecule has 0 fully saturated rings. The van der Waals surface area contributed by atoms with Gasteiger partial charge in [0.25, 0.3) is 0 Å². The van der Waals surface area contributed by atoms with Crippen LogP contribution in [-0.2, 0) is 4.79 Å². The third kappa shape index (κ3) is 2.70. The Balaban J connectivity index is 3.11. The Labute approximate surface area is 93.6 Å². The lowest BCUT2D eigenvalue weighted by atomic mass is 10.1. The fraction of sp³-hybridized carbons (Fsp3) is 0.167. The molecule has 0 atom stereocenters. The molecule has 0 aliphatic carbocycles. The fourth-order valence-corrected chi connectivity index (χ4v) is 1.33. The van der Waals surface area contributed by atoms with Crippen LogP contribution in [0.1, 0.15) is 22.8 Å². The molecule has 0 aromatic heterocycles. The summed E-state index contributed by atoms with van der Waals surface area (Å²) in [6.07, 6.45) is 2.94. The summed E-state index contributed by atoms with van der Waals surface area (Å²) in [4.78, 5) is 22.3. The van der Waals surface area contributed by atoms with E-state index in [0.29, 0.717) is 5.69 Å². The average Bonchev–Trinajstić information content (AvgIpc) is 2.21. The number of allylic oxidation sites excluding steroid dienone is 1. The van der Waals surface area contributed by atoms with Gasteiger partial charge in [0.15, 0.2) is 0 Å². The van der Waals surface area contributed by atoms with Gasteiger partial charge in [-0.25, -0.2) is 4.79 Å². The van der Waals surface area contributed by atoms with Gasteiger partial charge in [-0.2, -0.15) is 0 Å². The van der Waals surface area contributed by atoms with Crippen LogP contribution < -0.4 is 5.32 Å². The highest BCUT2D eigenvalue weighted by atomic mass is 16.4. The van der Waals surface area contributed by atoms with Crippen LogP contribution in [0.4, 0.5) is 5.69 Å². The molecule has 0 saturated heterocycles. The zero-order valence-electron chi connectivity index (χ0n) is 9.15. The first kappa shape index (κ1) is 12.0. The normalized spacial score (nSPS) is 10.4. The van der Waals surface area contributed by atoms with Crippen LogP contribution in [0, 0.1) is 6.92 Å². The van der Waals surface area contributed by atoms with Crippen LogP contribution in [0.3, 0.4) is 0 Å². The summed E-state index contributed by atoms with van der Waals surface area (Å²) in [6.45, 7) is 3.47. The molecule has 2 N–H and O–H groups in total. The monoisotopic (exact) mass is 219 g/mol. The summed E-state index contributed by atoms with van der Waals surface area (Å²) in [6, 6.07) is 4.85. The highest BCUT2D eigenvalue weighted by Crippen LogP contribution is 2.20. The number of carbonyl (C=O) groups excluding carboxylic acids is 1. The maximum absolute atomic E-state index is 11.3. The lowest BCUT2D eigenvalue weighted by Crippen LogP contribution is -2.13. The van der Waals surface area contributed by atoms with E-state index in [1.165, 1.54) is 12.1 Å². The Kier molecular flexibility index (Phi) is 3.83. The minimum Gasteiger partial charge on any atom is -0.478 e. The van der Waals surface area contributed by atoms with Crippen molar-refractivity contribution >= 4 is 17.6 Å². The van der Waals surface area contributed by atoms with E-state index in [2.05, 4.69) is 5.32 Å². The maximum atomic E-state index is 11.3. The first-order chi connectivity index (χ1) is 7.56. The first-order valence-corrected chi connectivity index (χ1v) is 4.83. The number of benzene rings is 1. The van der Waals surface area contributed by atoms with Gasteiger partial charge in [0, 0.05) is 0 Å². The van der Waals surface area contributed by atoms with E-state index in [1.807, 2.05) is 0 Å². The average molecular weight is 219 g/mol. The Morgan fingerprint density at radius 2 is 2.06 bits per heavy atom. The molecule has 1 aromatic carbocycles. The molecule has 1 rings (SSSR count). The van der Waals surface area contributed by atoms with Crippen molar-refractivity contribution in [2.45, 2.75) is 13.8 Å². The van der Waals surface area contributed by atoms with Crippen molar-refractivity contribution in [2.24, 2.45) is 0 Å². The third-order valence-corrected chi connectivity index (χ3v) is 2.07. The third-order valence-electron chi connectivity index (χ3n) is 2.07. The van der Waals surface area contributed by atoms with Gasteiger partial charge in [-0.3, -0.25) is 4.79 Å². The molecule has 1 amide bonds. The number of carboxylic acids is 1. The molecule has 4 nitrogen and oxygen atoms in total. The Bertz CT molecular complexity index is 450. The van der Waals surface area contributed by atoms with Crippen molar-refractivity contribution < 1.29 is 14.7 Å². The number of aryl methyl sites for hydroxylation is 1. The van der Waals surface area contributed by atoms with Gasteiger partial charge in [-0.1, -0.05) is 18.2 Å². The van der Waals surface area contributed by atoms with Crippen molar-refractivity contribution in [3.63, 3.8) is 0 Å². The predicted molar refractivity (Wildman–Crippen MR) is 61.6 cm³/mol. The van der Waals surface area contributed by atoms with E-state index in [-0.39, 0.29) is 11.5 Å². The number of rotatable bonds is 3. The SMILES string of the molecule is CC=CC(=O)Nc1c(C)cccc1C(=O)O. The molecule has 0 bridgehead atoms. The molecule has 0 saturated carbocycles. The lowest BCUT2D eigenvalue weighted by molar-refractivity contribution is -0.111. The fourth-order valence-electron chi connectivity index (χ4n) is 1.33. The van der Waals surface area contributed by atoms with Gasteiger partial charge < -0.3 is 10.4 Å². The lowest BCUT2D eigenvalue weighted by Gasteiger charge is -2.09. The van der Waals surface area contributed by atoms with Gasteiger partial charge >= 0.3 is 5.97 Å². The summed E-state index contributed by atoms with van der Waals surface area (Å²) < 4.78 is 0. The molecule has 4 heteroatoms. The number of hydrogen-bond acceptors (Lipinski definition) is 2. The molecule has 0 heterocycles.